The highest BCUT2D eigenvalue weighted by atomic mass is 19.1. The number of carbonyl (C=O) groups is 1. The second kappa shape index (κ2) is 5.25. The van der Waals surface area contributed by atoms with Crippen molar-refractivity contribution in [1.29, 1.82) is 0 Å². The van der Waals surface area contributed by atoms with Crippen LogP contribution in [-0.4, -0.2) is 11.1 Å². The van der Waals surface area contributed by atoms with E-state index >= 15 is 0 Å². The summed E-state index contributed by atoms with van der Waals surface area (Å²) in [6, 6.07) is 15.3. The van der Waals surface area contributed by atoms with Gasteiger partial charge in [-0.2, -0.15) is 0 Å². The van der Waals surface area contributed by atoms with Crippen LogP contribution < -0.4 is 4.74 Å². The molecule has 104 valence electrons. The van der Waals surface area contributed by atoms with Gasteiger partial charge in [-0.25, -0.2) is 9.18 Å². The first-order valence-electron chi connectivity index (χ1n) is 6.32. The van der Waals surface area contributed by atoms with E-state index < -0.39 is 11.8 Å². The first-order valence-corrected chi connectivity index (χ1v) is 6.32. The van der Waals surface area contributed by atoms with Gasteiger partial charge in [0.1, 0.15) is 17.3 Å². The SMILES string of the molecule is O=C(Oc1ccc2ccc(O)cc2c1)c1cccc(F)c1. The van der Waals surface area contributed by atoms with E-state index in [1.165, 1.54) is 18.2 Å². The van der Waals surface area contributed by atoms with Crippen molar-refractivity contribution in [3.05, 3.63) is 72.0 Å². The van der Waals surface area contributed by atoms with E-state index in [0.717, 1.165) is 16.8 Å². The molecular formula is C17H11FO3. The van der Waals surface area contributed by atoms with E-state index in [-0.39, 0.29) is 11.3 Å². The van der Waals surface area contributed by atoms with Crippen molar-refractivity contribution < 1.29 is 19.0 Å². The van der Waals surface area contributed by atoms with Crippen molar-refractivity contribution in [2.75, 3.05) is 0 Å². The smallest absolute Gasteiger partial charge is 0.343 e. The third-order valence-corrected chi connectivity index (χ3v) is 3.07. The Labute approximate surface area is 120 Å². The number of aromatic hydroxyl groups is 1. The van der Waals surface area contributed by atoms with Crippen LogP contribution in [-0.2, 0) is 0 Å². The fourth-order valence-corrected chi connectivity index (χ4v) is 2.06. The Morgan fingerprint density at radius 3 is 2.57 bits per heavy atom. The van der Waals surface area contributed by atoms with E-state index in [1.54, 1.807) is 36.4 Å². The van der Waals surface area contributed by atoms with Gasteiger partial charge in [-0.3, -0.25) is 0 Å². The largest absolute Gasteiger partial charge is 0.508 e. The highest BCUT2D eigenvalue weighted by molar-refractivity contribution is 5.92. The highest BCUT2D eigenvalue weighted by Crippen LogP contribution is 2.25. The molecule has 3 aromatic carbocycles. The molecule has 0 aromatic heterocycles. The Hall–Kier alpha value is -2.88. The molecule has 0 atom stereocenters. The van der Waals surface area contributed by atoms with Crippen LogP contribution in [0.4, 0.5) is 4.39 Å². The summed E-state index contributed by atoms with van der Waals surface area (Å²) >= 11 is 0. The lowest BCUT2D eigenvalue weighted by molar-refractivity contribution is 0.0734. The maximum Gasteiger partial charge on any atom is 0.343 e. The summed E-state index contributed by atoms with van der Waals surface area (Å²) in [6.07, 6.45) is 0. The summed E-state index contributed by atoms with van der Waals surface area (Å²) in [4.78, 5) is 11.9. The normalized spacial score (nSPS) is 10.5. The number of esters is 1. The average Bonchev–Trinajstić information content (AvgIpc) is 2.46. The number of hydrogen-bond donors (Lipinski definition) is 1. The molecule has 0 aliphatic heterocycles. The molecule has 3 nitrogen and oxygen atoms in total. The number of phenols is 1. The Bertz CT molecular complexity index is 827. The van der Waals surface area contributed by atoms with E-state index in [9.17, 15) is 14.3 Å². The lowest BCUT2D eigenvalue weighted by Gasteiger charge is -2.06. The molecule has 0 saturated heterocycles. The van der Waals surface area contributed by atoms with Gasteiger partial charge < -0.3 is 9.84 Å². The topological polar surface area (TPSA) is 46.5 Å². The van der Waals surface area contributed by atoms with Crippen LogP contribution in [0.15, 0.2) is 60.7 Å². The van der Waals surface area contributed by atoms with E-state index in [0.29, 0.717) is 5.75 Å². The molecule has 0 unspecified atom stereocenters. The Morgan fingerprint density at radius 1 is 0.952 bits per heavy atom. The Morgan fingerprint density at radius 2 is 1.76 bits per heavy atom. The summed E-state index contributed by atoms with van der Waals surface area (Å²) in [5.41, 5.74) is 0.144. The van der Waals surface area contributed by atoms with Crippen LogP contribution >= 0.6 is 0 Å². The predicted molar refractivity (Wildman–Crippen MR) is 77.0 cm³/mol. The standard InChI is InChI=1S/C17H11FO3/c18-14-3-1-2-12(8-14)17(20)21-16-7-5-11-4-6-15(19)9-13(11)10-16/h1-10,19H. The fraction of sp³-hybridized carbons (Fsp3) is 0. The van der Waals surface area contributed by atoms with Gasteiger partial charge in [0.25, 0.3) is 0 Å². The lowest BCUT2D eigenvalue weighted by Crippen LogP contribution is -2.08. The number of fused-ring (bicyclic) bond motifs is 1. The van der Waals surface area contributed by atoms with Crippen molar-refractivity contribution >= 4 is 16.7 Å². The molecular weight excluding hydrogens is 271 g/mol. The Kier molecular flexibility index (Phi) is 3.28. The second-order valence-electron chi connectivity index (χ2n) is 4.59. The summed E-state index contributed by atoms with van der Waals surface area (Å²) in [6.45, 7) is 0. The summed E-state index contributed by atoms with van der Waals surface area (Å²) < 4.78 is 18.3. The van der Waals surface area contributed by atoms with Crippen molar-refractivity contribution in [2.45, 2.75) is 0 Å². The van der Waals surface area contributed by atoms with Crippen LogP contribution in [0.2, 0.25) is 0 Å². The van der Waals surface area contributed by atoms with Gasteiger partial charge in [0.05, 0.1) is 5.56 Å². The van der Waals surface area contributed by atoms with Gasteiger partial charge in [0.15, 0.2) is 0 Å². The predicted octanol–water partition coefficient (Wildman–Crippen LogP) is 3.90. The minimum atomic E-state index is -0.631. The number of ether oxygens (including phenoxy) is 1. The van der Waals surface area contributed by atoms with Gasteiger partial charge in [-0.15, -0.1) is 0 Å². The first kappa shape index (κ1) is 13.1. The van der Waals surface area contributed by atoms with Crippen LogP contribution in [0.1, 0.15) is 10.4 Å². The molecule has 0 amide bonds. The van der Waals surface area contributed by atoms with E-state index in [4.69, 9.17) is 4.74 Å². The summed E-state index contributed by atoms with van der Waals surface area (Å²) in [5, 5.41) is 11.1. The molecule has 0 aliphatic carbocycles. The fourth-order valence-electron chi connectivity index (χ4n) is 2.06. The zero-order valence-corrected chi connectivity index (χ0v) is 10.9. The zero-order chi connectivity index (χ0) is 14.8. The molecule has 21 heavy (non-hydrogen) atoms. The molecule has 3 aromatic rings. The average molecular weight is 282 g/mol. The molecule has 0 fully saturated rings. The van der Waals surface area contributed by atoms with E-state index in [1.807, 2.05) is 0 Å². The molecule has 0 heterocycles. The first-order chi connectivity index (χ1) is 10.1. The van der Waals surface area contributed by atoms with Crippen LogP contribution in [0.25, 0.3) is 10.8 Å². The van der Waals surface area contributed by atoms with Crippen LogP contribution in [0.3, 0.4) is 0 Å². The van der Waals surface area contributed by atoms with Gasteiger partial charge in [-0.05, 0) is 53.2 Å². The van der Waals surface area contributed by atoms with Gasteiger partial charge >= 0.3 is 5.97 Å². The van der Waals surface area contributed by atoms with Gasteiger partial charge in [0, 0.05) is 0 Å². The second-order valence-corrected chi connectivity index (χ2v) is 4.59. The minimum absolute atomic E-state index is 0.135. The highest BCUT2D eigenvalue weighted by Gasteiger charge is 2.09. The number of hydrogen-bond acceptors (Lipinski definition) is 3. The number of rotatable bonds is 2. The Balaban J connectivity index is 1.89. The minimum Gasteiger partial charge on any atom is -0.508 e. The number of phenolic OH excluding ortho intramolecular Hbond substituents is 1. The quantitative estimate of drug-likeness (QED) is 0.572. The van der Waals surface area contributed by atoms with Gasteiger partial charge in [0.2, 0.25) is 0 Å². The molecule has 3 rings (SSSR count). The molecule has 0 saturated carbocycles. The molecule has 4 heteroatoms. The third-order valence-electron chi connectivity index (χ3n) is 3.07. The molecule has 0 aliphatic rings. The number of carbonyl (C=O) groups excluding carboxylic acids is 1. The van der Waals surface area contributed by atoms with Crippen molar-refractivity contribution in [2.24, 2.45) is 0 Å². The third kappa shape index (κ3) is 2.84. The molecule has 1 N–H and O–H groups in total. The number of benzene rings is 3. The lowest BCUT2D eigenvalue weighted by atomic mass is 10.1. The monoisotopic (exact) mass is 282 g/mol. The summed E-state index contributed by atoms with van der Waals surface area (Å²) in [5.74, 6) is -0.652. The zero-order valence-electron chi connectivity index (χ0n) is 10.9. The van der Waals surface area contributed by atoms with Gasteiger partial charge in [-0.1, -0.05) is 18.2 Å². The van der Waals surface area contributed by atoms with Crippen molar-refractivity contribution in [3.8, 4) is 11.5 Å². The molecule has 0 bridgehead atoms. The van der Waals surface area contributed by atoms with Crippen LogP contribution in [0.5, 0.6) is 11.5 Å². The summed E-state index contributed by atoms with van der Waals surface area (Å²) in [7, 11) is 0. The van der Waals surface area contributed by atoms with Crippen molar-refractivity contribution in [1.82, 2.24) is 0 Å². The maximum absolute atomic E-state index is 13.1. The van der Waals surface area contributed by atoms with Crippen molar-refractivity contribution in [3.63, 3.8) is 0 Å². The van der Waals surface area contributed by atoms with E-state index in [2.05, 4.69) is 0 Å². The molecule has 0 radical (unpaired) electrons. The number of halogens is 1. The van der Waals surface area contributed by atoms with Crippen LogP contribution in [0, 0.1) is 5.82 Å². The maximum atomic E-state index is 13.1. The molecule has 0 spiro atoms.